The SMILES string of the molecule is CN(C)C(=O)c1ccc2ocnc2c1. The van der Waals surface area contributed by atoms with Crippen molar-refractivity contribution in [3.05, 3.63) is 30.2 Å². The van der Waals surface area contributed by atoms with E-state index in [0.717, 1.165) is 0 Å². The summed E-state index contributed by atoms with van der Waals surface area (Å²) in [6, 6.07) is 5.20. The highest BCUT2D eigenvalue weighted by Gasteiger charge is 2.09. The van der Waals surface area contributed by atoms with Gasteiger partial charge in [-0.15, -0.1) is 0 Å². The number of hydrogen-bond acceptors (Lipinski definition) is 3. The second kappa shape index (κ2) is 3.14. The van der Waals surface area contributed by atoms with Crippen LogP contribution in [-0.4, -0.2) is 29.9 Å². The number of aromatic nitrogens is 1. The Bertz CT molecular complexity index is 474. The molecule has 0 N–H and O–H groups in total. The number of amides is 1. The highest BCUT2D eigenvalue weighted by atomic mass is 16.3. The Kier molecular flexibility index (Phi) is 1.96. The third kappa shape index (κ3) is 1.35. The number of carbonyl (C=O) groups excluding carboxylic acids is 1. The van der Waals surface area contributed by atoms with Crippen LogP contribution in [0, 0.1) is 0 Å². The summed E-state index contributed by atoms with van der Waals surface area (Å²) in [4.78, 5) is 17.1. The van der Waals surface area contributed by atoms with E-state index in [-0.39, 0.29) is 5.91 Å². The van der Waals surface area contributed by atoms with Gasteiger partial charge in [-0.1, -0.05) is 0 Å². The molecule has 0 unspecified atom stereocenters. The van der Waals surface area contributed by atoms with Gasteiger partial charge in [0.25, 0.3) is 5.91 Å². The quantitative estimate of drug-likeness (QED) is 0.685. The fourth-order valence-electron chi connectivity index (χ4n) is 1.25. The first-order valence-electron chi connectivity index (χ1n) is 4.23. The predicted octanol–water partition coefficient (Wildman–Crippen LogP) is 1.53. The average Bonchev–Trinajstić information content (AvgIpc) is 2.62. The molecule has 14 heavy (non-hydrogen) atoms. The molecule has 0 aliphatic carbocycles. The Hall–Kier alpha value is -1.84. The zero-order valence-corrected chi connectivity index (χ0v) is 8.02. The molecule has 1 aromatic carbocycles. The summed E-state index contributed by atoms with van der Waals surface area (Å²) in [7, 11) is 3.44. The van der Waals surface area contributed by atoms with Crippen LogP contribution < -0.4 is 0 Å². The summed E-state index contributed by atoms with van der Waals surface area (Å²) in [6.45, 7) is 0. The van der Waals surface area contributed by atoms with Crippen LogP contribution in [0.5, 0.6) is 0 Å². The van der Waals surface area contributed by atoms with Gasteiger partial charge in [0.15, 0.2) is 12.0 Å². The van der Waals surface area contributed by atoms with Gasteiger partial charge in [0.1, 0.15) is 5.52 Å². The molecular formula is C10H10N2O2. The molecule has 0 saturated carbocycles. The first-order chi connectivity index (χ1) is 6.68. The van der Waals surface area contributed by atoms with Crippen LogP contribution in [0.25, 0.3) is 11.1 Å². The van der Waals surface area contributed by atoms with Crippen LogP contribution >= 0.6 is 0 Å². The Morgan fingerprint density at radius 1 is 1.43 bits per heavy atom. The lowest BCUT2D eigenvalue weighted by Gasteiger charge is -2.09. The van der Waals surface area contributed by atoms with Crippen molar-refractivity contribution in [1.82, 2.24) is 9.88 Å². The second-order valence-corrected chi connectivity index (χ2v) is 3.23. The number of rotatable bonds is 1. The zero-order chi connectivity index (χ0) is 10.1. The average molecular weight is 190 g/mol. The van der Waals surface area contributed by atoms with Crippen molar-refractivity contribution in [2.75, 3.05) is 14.1 Å². The van der Waals surface area contributed by atoms with E-state index in [2.05, 4.69) is 4.98 Å². The maximum atomic E-state index is 11.6. The summed E-state index contributed by atoms with van der Waals surface area (Å²) in [6.07, 6.45) is 1.37. The third-order valence-corrected chi connectivity index (χ3v) is 1.98. The molecular weight excluding hydrogens is 180 g/mol. The van der Waals surface area contributed by atoms with Crippen molar-refractivity contribution in [3.8, 4) is 0 Å². The lowest BCUT2D eigenvalue weighted by Crippen LogP contribution is -2.21. The van der Waals surface area contributed by atoms with Gasteiger partial charge < -0.3 is 9.32 Å². The number of oxazole rings is 1. The molecule has 0 bridgehead atoms. The van der Waals surface area contributed by atoms with Crippen molar-refractivity contribution >= 4 is 17.0 Å². The van der Waals surface area contributed by atoms with Crippen molar-refractivity contribution in [3.63, 3.8) is 0 Å². The Balaban J connectivity index is 2.48. The van der Waals surface area contributed by atoms with Crippen LogP contribution in [0.3, 0.4) is 0 Å². The molecule has 1 heterocycles. The highest BCUT2D eigenvalue weighted by molar-refractivity contribution is 5.96. The van der Waals surface area contributed by atoms with E-state index in [1.807, 2.05) is 0 Å². The fourth-order valence-corrected chi connectivity index (χ4v) is 1.25. The molecule has 0 atom stereocenters. The van der Waals surface area contributed by atoms with Gasteiger partial charge in [0, 0.05) is 19.7 Å². The highest BCUT2D eigenvalue weighted by Crippen LogP contribution is 2.14. The van der Waals surface area contributed by atoms with Gasteiger partial charge in [-0.05, 0) is 18.2 Å². The van der Waals surface area contributed by atoms with E-state index >= 15 is 0 Å². The minimum absolute atomic E-state index is 0.0325. The van der Waals surface area contributed by atoms with Gasteiger partial charge in [0.05, 0.1) is 0 Å². The molecule has 4 heteroatoms. The maximum absolute atomic E-state index is 11.6. The van der Waals surface area contributed by atoms with Gasteiger partial charge in [-0.25, -0.2) is 4.98 Å². The molecule has 4 nitrogen and oxygen atoms in total. The Morgan fingerprint density at radius 3 is 2.93 bits per heavy atom. The summed E-state index contributed by atoms with van der Waals surface area (Å²) >= 11 is 0. The van der Waals surface area contributed by atoms with Crippen LogP contribution in [0.2, 0.25) is 0 Å². The molecule has 0 aliphatic heterocycles. The van der Waals surface area contributed by atoms with E-state index in [1.165, 1.54) is 11.3 Å². The smallest absolute Gasteiger partial charge is 0.253 e. The van der Waals surface area contributed by atoms with E-state index < -0.39 is 0 Å². The van der Waals surface area contributed by atoms with Crippen LogP contribution in [0.4, 0.5) is 0 Å². The lowest BCUT2D eigenvalue weighted by molar-refractivity contribution is 0.0828. The minimum atomic E-state index is -0.0325. The minimum Gasteiger partial charge on any atom is -0.443 e. The largest absolute Gasteiger partial charge is 0.443 e. The first kappa shape index (κ1) is 8.74. The molecule has 0 fully saturated rings. The molecule has 0 radical (unpaired) electrons. The zero-order valence-electron chi connectivity index (χ0n) is 8.02. The van der Waals surface area contributed by atoms with Crippen molar-refractivity contribution in [2.45, 2.75) is 0 Å². The number of benzene rings is 1. The standard InChI is InChI=1S/C10H10N2O2/c1-12(2)10(13)7-3-4-9-8(5-7)11-6-14-9/h3-6H,1-2H3. The number of carbonyl (C=O) groups is 1. The van der Waals surface area contributed by atoms with Gasteiger partial charge in [0.2, 0.25) is 0 Å². The van der Waals surface area contributed by atoms with E-state index in [9.17, 15) is 4.79 Å². The summed E-state index contributed by atoms with van der Waals surface area (Å²) in [5.74, 6) is -0.0325. The molecule has 72 valence electrons. The monoisotopic (exact) mass is 190 g/mol. The van der Waals surface area contributed by atoms with Crippen molar-refractivity contribution < 1.29 is 9.21 Å². The van der Waals surface area contributed by atoms with Crippen LogP contribution in [0.15, 0.2) is 29.0 Å². The van der Waals surface area contributed by atoms with Crippen LogP contribution in [0.1, 0.15) is 10.4 Å². The predicted molar refractivity (Wildman–Crippen MR) is 52.0 cm³/mol. The summed E-state index contributed by atoms with van der Waals surface area (Å²) in [5.41, 5.74) is 2.02. The summed E-state index contributed by atoms with van der Waals surface area (Å²) in [5, 5.41) is 0. The topological polar surface area (TPSA) is 46.3 Å². The van der Waals surface area contributed by atoms with Crippen molar-refractivity contribution in [1.29, 1.82) is 0 Å². The molecule has 0 saturated heterocycles. The Labute approximate surface area is 81.1 Å². The van der Waals surface area contributed by atoms with E-state index in [1.54, 1.807) is 32.3 Å². The van der Waals surface area contributed by atoms with Crippen molar-refractivity contribution in [2.24, 2.45) is 0 Å². The number of fused-ring (bicyclic) bond motifs is 1. The third-order valence-electron chi connectivity index (χ3n) is 1.98. The van der Waals surface area contributed by atoms with E-state index in [4.69, 9.17) is 4.42 Å². The molecule has 0 spiro atoms. The van der Waals surface area contributed by atoms with Gasteiger partial charge >= 0.3 is 0 Å². The fraction of sp³-hybridized carbons (Fsp3) is 0.200. The normalized spacial score (nSPS) is 10.4. The van der Waals surface area contributed by atoms with Gasteiger partial charge in [-0.3, -0.25) is 4.79 Å². The molecule has 1 amide bonds. The first-order valence-corrected chi connectivity index (χ1v) is 4.23. The number of hydrogen-bond donors (Lipinski definition) is 0. The molecule has 2 aromatic rings. The number of nitrogens with zero attached hydrogens (tertiary/aromatic N) is 2. The molecule has 2 rings (SSSR count). The Morgan fingerprint density at radius 2 is 2.21 bits per heavy atom. The maximum Gasteiger partial charge on any atom is 0.253 e. The van der Waals surface area contributed by atoms with E-state index in [0.29, 0.717) is 16.7 Å². The van der Waals surface area contributed by atoms with Crippen LogP contribution in [-0.2, 0) is 0 Å². The molecule has 1 aromatic heterocycles. The second-order valence-electron chi connectivity index (χ2n) is 3.23. The van der Waals surface area contributed by atoms with Gasteiger partial charge in [-0.2, -0.15) is 0 Å². The summed E-state index contributed by atoms with van der Waals surface area (Å²) < 4.78 is 5.08. The molecule has 0 aliphatic rings. The lowest BCUT2D eigenvalue weighted by atomic mass is 10.2.